The average Bonchev–Trinajstić information content (AvgIpc) is 3.12. The summed E-state index contributed by atoms with van der Waals surface area (Å²) in [5.74, 6) is 0.807. The van der Waals surface area contributed by atoms with E-state index in [1.165, 1.54) is 5.69 Å². The second kappa shape index (κ2) is 8.06. The highest BCUT2D eigenvalue weighted by atomic mass is 35.5. The molecule has 1 fully saturated rings. The predicted molar refractivity (Wildman–Crippen MR) is 123 cm³/mol. The van der Waals surface area contributed by atoms with Gasteiger partial charge in [0.05, 0.1) is 0 Å². The van der Waals surface area contributed by atoms with Crippen LogP contribution in [0.3, 0.4) is 0 Å². The van der Waals surface area contributed by atoms with Gasteiger partial charge >= 0.3 is 0 Å². The van der Waals surface area contributed by atoms with Gasteiger partial charge in [0.15, 0.2) is 11.5 Å². The smallest absolute Gasteiger partial charge is 0.275 e. The Morgan fingerprint density at radius 1 is 0.833 bits per heavy atom. The summed E-state index contributed by atoms with van der Waals surface area (Å²) in [4.78, 5) is 3.56. The highest BCUT2D eigenvalue weighted by Gasteiger charge is 2.38. The number of rotatable bonds is 4. The Morgan fingerprint density at radius 2 is 1.53 bits per heavy atom. The molecule has 0 spiro atoms. The summed E-state index contributed by atoms with van der Waals surface area (Å²) in [7, 11) is 0. The van der Waals surface area contributed by atoms with Gasteiger partial charge in [-0.3, -0.25) is 0 Å². The normalized spacial score (nSPS) is 21.1. The fourth-order valence-electron chi connectivity index (χ4n) is 3.85. The van der Waals surface area contributed by atoms with E-state index in [-0.39, 0.29) is 0 Å². The Labute approximate surface area is 186 Å². The van der Waals surface area contributed by atoms with Crippen molar-refractivity contribution in [3.63, 3.8) is 0 Å². The van der Waals surface area contributed by atoms with Crippen LogP contribution in [-0.4, -0.2) is 30.5 Å². The van der Waals surface area contributed by atoms with E-state index in [0.717, 1.165) is 53.2 Å². The summed E-state index contributed by atoms with van der Waals surface area (Å²) < 4.78 is 14.8. The molecule has 2 aliphatic rings. The van der Waals surface area contributed by atoms with Gasteiger partial charge in [-0.1, -0.05) is 41.9 Å². The summed E-state index contributed by atoms with van der Waals surface area (Å²) >= 11 is 7.78. The molecule has 0 N–H and O–H groups in total. The van der Waals surface area contributed by atoms with Gasteiger partial charge in [0.25, 0.3) is 5.79 Å². The van der Waals surface area contributed by atoms with Gasteiger partial charge in [0, 0.05) is 54.3 Å². The van der Waals surface area contributed by atoms with Crippen LogP contribution in [0.2, 0.25) is 5.02 Å². The molecule has 1 unspecified atom stereocenters. The maximum atomic E-state index is 6.22. The number of nitrogens with zero attached hydrogens (tertiary/aromatic N) is 2. The molecule has 3 aromatic carbocycles. The van der Waals surface area contributed by atoms with Crippen molar-refractivity contribution in [2.24, 2.45) is 0 Å². The van der Waals surface area contributed by atoms with Crippen LogP contribution in [0.5, 0.6) is 11.5 Å². The van der Waals surface area contributed by atoms with Crippen LogP contribution in [0.25, 0.3) is 0 Å². The van der Waals surface area contributed by atoms with Crippen molar-refractivity contribution in [1.29, 1.82) is 0 Å². The van der Waals surface area contributed by atoms with E-state index in [4.69, 9.17) is 21.1 Å². The van der Waals surface area contributed by atoms with E-state index in [9.17, 15) is 0 Å². The molecule has 30 heavy (non-hydrogen) atoms. The molecule has 6 heteroatoms. The summed E-state index contributed by atoms with van der Waals surface area (Å²) in [6, 6.07) is 24.3. The summed E-state index contributed by atoms with van der Waals surface area (Å²) in [6.07, 6.45) is 0. The van der Waals surface area contributed by atoms with Crippen LogP contribution in [0.1, 0.15) is 12.5 Å². The predicted octanol–water partition coefficient (Wildman–Crippen LogP) is 5.81. The first-order chi connectivity index (χ1) is 14.6. The van der Waals surface area contributed by atoms with Crippen molar-refractivity contribution in [2.45, 2.75) is 17.6 Å². The first kappa shape index (κ1) is 19.6. The topological polar surface area (TPSA) is 24.9 Å². The zero-order valence-electron chi connectivity index (χ0n) is 16.8. The van der Waals surface area contributed by atoms with Gasteiger partial charge in [0.1, 0.15) is 0 Å². The Balaban J connectivity index is 1.22. The minimum Gasteiger partial charge on any atom is -0.445 e. The summed E-state index contributed by atoms with van der Waals surface area (Å²) in [6.45, 7) is 5.93. The van der Waals surface area contributed by atoms with E-state index in [1.54, 1.807) is 11.9 Å². The number of hydrogen-bond acceptors (Lipinski definition) is 5. The van der Waals surface area contributed by atoms with Crippen LogP contribution in [0.15, 0.2) is 77.7 Å². The van der Waals surface area contributed by atoms with Gasteiger partial charge in [-0.25, -0.2) is 4.31 Å². The van der Waals surface area contributed by atoms with Crippen LogP contribution in [0, 0.1) is 0 Å². The number of ether oxygens (including phenoxy) is 2. The van der Waals surface area contributed by atoms with E-state index in [1.807, 2.05) is 55.5 Å². The molecule has 0 radical (unpaired) electrons. The summed E-state index contributed by atoms with van der Waals surface area (Å²) in [5, 5.41) is 0.777. The van der Waals surface area contributed by atoms with E-state index in [0.29, 0.717) is 0 Å². The molecular weight excluding hydrogens is 416 g/mol. The maximum absolute atomic E-state index is 6.22. The molecule has 3 aromatic rings. The lowest BCUT2D eigenvalue weighted by atomic mass is 10.1. The fourth-order valence-corrected chi connectivity index (χ4v) is 4.91. The number of hydrogen-bond donors (Lipinski definition) is 0. The quantitative estimate of drug-likeness (QED) is 0.478. The minimum atomic E-state index is -0.781. The number of fused-ring (bicyclic) bond motifs is 1. The lowest BCUT2D eigenvalue weighted by Crippen LogP contribution is -2.43. The number of piperazine rings is 1. The van der Waals surface area contributed by atoms with Crippen molar-refractivity contribution >= 4 is 29.2 Å². The average molecular weight is 439 g/mol. The van der Waals surface area contributed by atoms with Crippen LogP contribution in [0.4, 0.5) is 5.69 Å². The van der Waals surface area contributed by atoms with E-state index < -0.39 is 5.79 Å². The monoisotopic (exact) mass is 438 g/mol. The molecule has 0 aromatic heterocycles. The Hall–Kier alpha value is -2.34. The van der Waals surface area contributed by atoms with Gasteiger partial charge in [-0.05, 0) is 54.4 Å². The molecule has 0 saturated carbocycles. The third kappa shape index (κ3) is 3.97. The van der Waals surface area contributed by atoms with Crippen molar-refractivity contribution in [3.8, 4) is 11.5 Å². The molecule has 2 aliphatic heterocycles. The molecule has 0 amide bonds. The van der Waals surface area contributed by atoms with Gasteiger partial charge in [0.2, 0.25) is 0 Å². The maximum Gasteiger partial charge on any atom is 0.275 e. The molecule has 154 valence electrons. The molecule has 0 aliphatic carbocycles. The van der Waals surface area contributed by atoms with Crippen LogP contribution >= 0.6 is 23.5 Å². The largest absolute Gasteiger partial charge is 0.445 e. The number of halogens is 1. The van der Waals surface area contributed by atoms with E-state index >= 15 is 0 Å². The van der Waals surface area contributed by atoms with E-state index in [2.05, 4.69) is 33.5 Å². The van der Waals surface area contributed by atoms with Crippen molar-refractivity contribution in [1.82, 2.24) is 4.31 Å². The third-order valence-electron chi connectivity index (χ3n) is 5.49. The molecule has 1 atom stereocenters. The van der Waals surface area contributed by atoms with Gasteiger partial charge in [-0.15, -0.1) is 0 Å². The standard InChI is InChI=1S/C24H23ClN2O2S/c1-24(18-5-3-2-4-6-18)28-22-12-11-21(17-23(22)29-24)30-27-15-13-26(14-16-27)20-9-7-19(25)8-10-20/h2-12,17H,13-16H2,1H3. The van der Waals surface area contributed by atoms with Crippen molar-refractivity contribution < 1.29 is 9.47 Å². The van der Waals surface area contributed by atoms with Crippen molar-refractivity contribution in [3.05, 3.63) is 83.4 Å². The fraction of sp³-hybridized carbons (Fsp3) is 0.250. The van der Waals surface area contributed by atoms with Crippen LogP contribution < -0.4 is 14.4 Å². The molecule has 4 nitrogen and oxygen atoms in total. The van der Waals surface area contributed by atoms with Gasteiger partial charge < -0.3 is 14.4 Å². The highest BCUT2D eigenvalue weighted by Crippen LogP contribution is 2.45. The molecule has 0 bridgehead atoms. The summed E-state index contributed by atoms with van der Waals surface area (Å²) in [5.41, 5.74) is 2.24. The first-order valence-corrected chi connectivity index (χ1v) is 11.3. The molecule has 1 saturated heterocycles. The zero-order chi connectivity index (χ0) is 20.6. The lowest BCUT2D eigenvalue weighted by molar-refractivity contribution is -0.0680. The number of anilines is 1. The lowest BCUT2D eigenvalue weighted by Gasteiger charge is -2.35. The Kier molecular flexibility index (Phi) is 5.27. The molecule has 2 heterocycles. The Bertz CT molecular complexity index is 1020. The first-order valence-electron chi connectivity index (χ1n) is 10.1. The molecular formula is C24H23ClN2O2S. The highest BCUT2D eigenvalue weighted by molar-refractivity contribution is 7.97. The SMILES string of the molecule is CC1(c2ccccc2)Oc2ccc(SN3CCN(c4ccc(Cl)cc4)CC3)cc2O1. The minimum absolute atomic E-state index is 0.777. The second-order valence-corrected chi connectivity index (χ2v) is 9.21. The van der Waals surface area contributed by atoms with Gasteiger partial charge in [-0.2, -0.15) is 0 Å². The molecule has 5 rings (SSSR count). The van der Waals surface area contributed by atoms with Crippen LogP contribution in [-0.2, 0) is 5.79 Å². The number of benzene rings is 3. The Morgan fingerprint density at radius 3 is 2.27 bits per heavy atom. The van der Waals surface area contributed by atoms with Crippen molar-refractivity contribution in [2.75, 3.05) is 31.1 Å². The second-order valence-electron chi connectivity index (χ2n) is 7.61. The zero-order valence-corrected chi connectivity index (χ0v) is 18.3. The third-order valence-corrected chi connectivity index (χ3v) is 6.83.